The summed E-state index contributed by atoms with van der Waals surface area (Å²) in [5.74, 6) is 3.01. The zero-order valence-corrected chi connectivity index (χ0v) is 16.3. The number of guanidine groups is 1. The van der Waals surface area contributed by atoms with Crippen LogP contribution in [0.5, 0.6) is 17.4 Å². The molecule has 1 aromatic heterocycles. The maximum absolute atomic E-state index is 5.44. The third-order valence-corrected chi connectivity index (χ3v) is 4.69. The molecule has 1 aromatic carbocycles. The first-order valence-corrected chi connectivity index (χ1v) is 8.86. The first-order valence-electron chi connectivity index (χ1n) is 8.86. The highest BCUT2D eigenvalue weighted by molar-refractivity contribution is 5.80. The van der Waals surface area contributed by atoms with E-state index in [1.54, 1.807) is 34.6 Å². The fraction of sp³-hybridized carbons (Fsp3) is 0.400. The van der Waals surface area contributed by atoms with Gasteiger partial charge >= 0.3 is 0 Å². The predicted molar refractivity (Wildman–Crippen MR) is 105 cm³/mol. The monoisotopic (exact) mass is 370 g/mol. The molecule has 27 heavy (non-hydrogen) atoms. The first-order chi connectivity index (χ1) is 13.2. The van der Waals surface area contributed by atoms with Crippen molar-refractivity contribution >= 4 is 5.96 Å². The summed E-state index contributed by atoms with van der Waals surface area (Å²) >= 11 is 0. The minimum absolute atomic E-state index is 0.609. The summed E-state index contributed by atoms with van der Waals surface area (Å²) in [6, 6.07) is 8.01. The van der Waals surface area contributed by atoms with E-state index in [2.05, 4.69) is 32.3 Å². The maximum Gasteiger partial charge on any atom is 0.213 e. The average molecular weight is 370 g/mol. The second kappa shape index (κ2) is 8.62. The molecule has 0 atom stereocenters. The van der Waals surface area contributed by atoms with E-state index in [1.807, 2.05) is 12.1 Å². The highest BCUT2D eigenvalue weighted by Gasteiger charge is 2.21. The van der Waals surface area contributed by atoms with Crippen LogP contribution < -0.4 is 19.5 Å². The third-order valence-electron chi connectivity index (χ3n) is 4.69. The molecule has 1 aliphatic heterocycles. The zero-order valence-electron chi connectivity index (χ0n) is 16.3. The van der Waals surface area contributed by atoms with Gasteiger partial charge in [0, 0.05) is 38.9 Å². The molecule has 0 bridgehead atoms. The van der Waals surface area contributed by atoms with Crippen LogP contribution in [0, 0.1) is 0 Å². The van der Waals surface area contributed by atoms with Crippen LogP contribution in [0.2, 0.25) is 0 Å². The number of nitrogens with zero attached hydrogens (tertiary/aromatic N) is 3. The molecular weight excluding hydrogens is 344 g/mol. The van der Waals surface area contributed by atoms with E-state index < -0.39 is 0 Å². The van der Waals surface area contributed by atoms with Crippen molar-refractivity contribution in [3.63, 3.8) is 0 Å². The van der Waals surface area contributed by atoms with Crippen molar-refractivity contribution in [2.75, 3.05) is 34.9 Å². The number of fused-ring (bicyclic) bond motifs is 1. The molecular formula is C20H26N4O3. The van der Waals surface area contributed by atoms with Crippen molar-refractivity contribution < 1.29 is 14.2 Å². The van der Waals surface area contributed by atoms with Gasteiger partial charge in [0.25, 0.3) is 0 Å². The van der Waals surface area contributed by atoms with E-state index >= 15 is 0 Å². The zero-order chi connectivity index (χ0) is 19.2. The molecule has 2 aromatic rings. The van der Waals surface area contributed by atoms with Gasteiger partial charge in [-0.15, -0.1) is 0 Å². The Morgan fingerprint density at radius 1 is 1.11 bits per heavy atom. The van der Waals surface area contributed by atoms with E-state index in [1.165, 1.54) is 11.1 Å². The van der Waals surface area contributed by atoms with Crippen LogP contribution in [0.4, 0.5) is 0 Å². The molecule has 1 aliphatic rings. The standard InChI is InChI=1S/C20H26N4O3/c1-21-20(23-12-14-5-7-22-19(9-14)27-4)24-8-6-15-10-17(25-2)18(26-3)11-16(15)13-24/h5,7,9-11H,6,8,12-13H2,1-4H3,(H,21,23). The van der Waals surface area contributed by atoms with Gasteiger partial charge in [-0.1, -0.05) is 0 Å². The molecule has 144 valence electrons. The van der Waals surface area contributed by atoms with Crippen molar-refractivity contribution in [2.24, 2.45) is 4.99 Å². The number of hydrogen-bond acceptors (Lipinski definition) is 5. The highest BCUT2D eigenvalue weighted by atomic mass is 16.5. The van der Waals surface area contributed by atoms with Gasteiger partial charge < -0.3 is 24.4 Å². The molecule has 3 rings (SSSR count). The van der Waals surface area contributed by atoms with Crippen molar-refractivity contribution in [2.45, 2.75) is 19.5 Å². The van der Waals surface area contributed by atoms with Gasteiger partial charge in [0.1, 0.15) is 0 Å². The smallest absolute Gasteiger partial charge is 0.213 e. The van der Waals surface area contributed by atoms with E-state index in [4.69, 9.17) is 14.2 Å². The molecule has 7 nitrogen and oxygen atoms in total. The molecule has 2 heterocycles. The first kappa shape index (κ1) is 18.8. The number of methoxy groups -OCH3 is 3. The van der Waals surface area contributed by atoms with Crippen LogP contribution >= 0.6 is 0 Å². The molecule has 7 heteroatoms. The van der Waals surface area contributed by atoms with Crippen molar-refractivity contribution in [3.05, 3.63) is 47.2 Å². The molecule has 0 amide bonds. The molecule has 0 aliphatic carbocycles. The van der Waals surface area contributed by atoms with Crippen LogP contribution in [0.3, 0.4) is 0 Å². The Morgan fingerprint density at radius 3 is 2.52 bits per heavy atom. The van der Waals surface area contributed by atoms with E-state index in [0.717, 1.165) is 42.5 Å². The SMILES string of the molecule is CN=C(NCc1ccnc(OC)c1)N1CCc2cc(OC)c(OC)cc2C1. The molecule has 0 radical (unpaired) electrons. The summed E-state index contributed by atoms with van der Waals surface area (Å²) in [4.78, 5) is 10.8. The van der Waals surface area contributed by atoms with Crippen molar-refractivity contribution in [1.29, 1.82) is 0 Å². The fourth-order valence-electron chi connectivity index (χ4n) is 3.25. The lowest BCUT2D eigenvalue weighted by Gasteiger charge is -2.32. The van der Waals surface area contributed by atoms with E-state index in [9.17, 15) is 0 Å². The van der Waals surface area contributed by atoms with Crippen LogP contribution in [0.1, 0.15) is 16.7 Å². The van der Waals surface area contributed by atoms with Crippen molar-refractivity contribution in [1.82, 2.24) is 15.2 Å². The van der Waals surface area contributed by atoms with Crippen LogP contribution in [-0.4, -0.2) is 50.8 Å². The molecule has 0 saturated carbocycles. The second-order valence-electron chi connectivity index (χ2n) is 6.25. The molecule has 0 spiro atoms. The number of hydrogen-bond donors (Lipinski definition) is 1. The summed E-state index contributed by atoms with van der Waals surface area (Å²) in [6.07, 6.45) is 2.68. The lowest BCUT2D eigenvalue weighted by Crippen LogP contribution is -2.43. The fourth-order valence-corrected chi connectivity index (χ4v) is 3.25. The number of nitrogens with one attached hydrogen (secondary N) is 1. The number of aliphatic imine (C=N–C) groups is 1. The predicted octanol–water partition coefficient (Wildman–Crippen LogP) is 2.24. The quantitative estimate of drug-likeness (QED) is 0.643. The molecule has 1 N–H and O–H groups in total. The second-order valence-corrected chi connectivity index (χ2v) is 6.25. The summed E-state index contributed by atoms with van der Waals surface area (Å²) in [7, 11) is 6.75. The van der Waals surface area contributed by atoms with Crippen molar-refractivity contribution in [3.8, 4) is 17.4 Å². The minimum atomic E-state index is 0.609. The lowest BCUT2D eigenvalue weighted by molar-refractivity contribution is 0.346. The largest absolute Gasteiger partial charge is 0.493 e. The number of pyridine rings is 1. The number of benzene rings is 1. The molecule has 0 saturated heterocycles. The minimum Gasteiger partial charge on any atom is -0.493 e. The molecule has 0 unspecified atom stereocenters. The Hall–Kier alpha value is -2.96. The molecule has 0 fully saturated rings. The van der Waals surface area contributed by atoms with E-state index in [-0.39, 0.29) is 0 Å². The summed E-state index contributed by atoms with van der Waals surface area (Å²) in [6.45, 7) is 2.32. The van der Waals surface area contributed by atoms with Gasteiger partial charge in [0.15, 0.2) is 17.5 Å². The third kappa shape index (κ3) is 4.24. The number of rotatable bonds is 5. The van der Waals surface area contributed by atoms with E-state index in [0.29, 0.717) is 12.4 Å². The Labute approximate surface area is 160 Å². The van der Waals surface area contributed by atoms with Crippen LogP contribution in [0.25, 0.3) is 0 Å². The lowest BCUT2D eigenvalue weighted by atomic mass is 9.99. The maximum atomic E-state index is 5.44. The Bertz CT molecular complexity index is 823. The Morgan fingerprint density at radius 2 is 1.85 bits per heavy atom. The highest BCUT2D eigenvalue weighted by Crippen LogP contribution is 2.33. The van der Waals surface area contributed by atoms with Crippen LogP contribution in [-0.2, 0) is 19.5 Å². The van der Waals surface area contributed by atoms with Gasteiger partial charge in [-0.25, -0.2) is 4.98 Å². The Balaban J connectivity index is 1.70. The van der Waals surface area contributed by atoms with Gasteiger partial charge in [-0.3, -0.25) is 4.99 Å². The Kier molecular flexibility index (Phi) is 6.01. The average Bonchev–Trinajstić information content (AvgIpc) is 2.73. The summed E-state index contributed by atoms with van der Waals surface area (Å²) in [5, 5.41) is 3.43. The number of ether oxygens (including phenoxy) is 3. The van der Waals surface area contributed by atoms with Crippen LogP contribution in [0.15, 0.2) is 35.5 Å². The van der Waals surface area contributed by atoms with Gasteiger partial charge in [0.2, 0.25) is 5.88 Å². The topological polar surface area (TPSA) is 68.2 Å². The summed E-state index contributed by atoms with van der Waals surface area (Å²) < 4.78 is 16.0. The van der Waals surface area contributed by atoms with Gasteiger partial charge in [0.05, 0.1) is 21.3 Å². The van der Waals surface area contributed by atoms with Gasteiger partial charge in [-0.05, 0) is 41.3 Å². The summed E-state index contributed by atoms with van der Waals surface area (Å²) in [5.41, 5.74) is 3.61. The normalized spacial score (nSPS) is 13.8. The number of aromatic nitrogens is 1. The van der Waals surface area contributed by atoms with Gasteiger partial charge in [-0.2, -0.15) is 0 Å².